The molecule has 0 aliphatic heterocycles. The van der Waals surface area contributed by atoms with E-state index in [9.17, 15) is 0 Å². The maximum absolute atomic E-state index is 6.38. The predicted octanol–water partition coefficient (Wildman–Crippen LogP) is 4.78. The summed E-state index contributed by atoms with van der Waals surface area (Å²) in [7, 11) is 0. The zero-order chi connectivity index (χ0) is 16.7. The van der Waals surface area contributed by atoms with Gasteiger partial charge in [0, 0.05) is 28.3 Å². The zero-order valence-electron chi connectivity index (χ0n) is 13.6. The fourth-order valence-corrected chi connectivity index (χ4v) is 3.45. The molecule has 3 heteroatoms. The molecular formula is C21H19N3. The van der Waals surface area contributed by atoms with Gasteiger partial charge in [-0.25, -0.2) is 0 Å². The van der Waals surface area contributed by atoms with Crippen molar-refractivity contribution in [2.24, 2.45) is 0 Å². The number of benzene rings is 3. The normalized spacial score (nSPS) is 11.2. The summed E-state index contributed by atoms with van der Waals surface area (Å²) in [5, 5.41) is 3.21. The first-order valence-electron chi connectivity index (χ1n) is 8.13. The quantitative estimate of drug-likeness (QED) is 0.413. The van der Waals surface area contributed by atoms with Crippen molar-refractivity contribution in [3.05, 3.63) is 66.4 Å². The summed E-state index contributed by atoms with van der Waals surface area (Å²) in [4.78, 5) is 4.55. The van der Waals surface area contributed by atoms with Crippen molar-refractivity contribution in [1.29, 1.82) is 0 Å². The third-order valence-corrected chi connectivity index (χ3v) is 4.57. The molecule has 0 unspecified atom stereocenters. The van der Waals surface area contributed by atoms with Gasteiger partial charge in [-0.1, -0.05) is 37.3 Å². The second-order valence-electron chi connectivity index (χ2n) is 6.03. The molecule has 3 aromatic carbocycles. The number of nitrogens with zero attached hydrogens (tertiary/aromatic N) is 1. The van der Waals surface area contributed by atoms with Crippen LogP contribution < -0.4 is 11.5 Å². The van der Waals surface area contributed by atoms with E-state index in [1.54, 1.807) is 0 Å². The third kappa shape index (κ3) is 2.17. The third-order valence-electron chi connectivity index (χ3n) is 4.57. The van der Waals surface area contributed by atoms with Gasteiger partial charge in [-0.05, 0) is 52.8 Å². The Labute approximate surface area is 140 Å². The molecule has 0 radical (unpaired) electrons. The van der Waals surface area contributed by atoms with Crippen LogP contribution in [0.15, 0.2) is 60.8 Å². The molecule has 1 heterocycles. The van der Waals surface area contributed by atoms with Crippen LogP contribution in [0.1, 0.15) is 12.5 Å². The zero-order valence-corrected chi connectivity index (χ0v) is 13.6. The maximum Gasteiger partial charge on any atom is 0.0710 e. The molecule has 0 amide bonds. The minimum Gasteiger partial charge on any atom is -0.399 e. The van der Waals surface area contributed by atoms with Gasteiger partial charge in [0.05, 0.1) is 5.52 Å². The van der Waals surface area contributed by atoms with Crippen LogP contribution in [0.2, 0.25) is 0 Å². The summed E-state index contributed by atoms with van der Waals surface area (Å²) in [5.74, 6) is 0. The lowest BCUT2D eigenvalue weighted by Gasteiger charge is -2.16. The number of nitrogen functional groups attached to an aromatic ring is 2. The first-order chi connectivity index (χ1) is 11.7. The molecule has 0 fully saturated rings. The topological polar surface area (TPSA) is 64.9 Å². The number of aryl methyl sites for hydroxylation is 1. The molecule has 0 atom stereocenters. The van der Waals surface area contributed by atoms with Crippen molar-refractivity contribution in [1.82, 2.24) is 4.98 Å². The van der Waals surface area contributed by atoms with E-state index >= 15 is 0 Å². The van der Waals surface area contributed by atoms with Gasteiger partial charge in [-0.3, -0.25) is 4.98 Å². The molecule has 4 aromatic rings. The Morgan fingerprint density at radius 3 is 2.46 bits per heavy atom. The van der Waals surface area contributed by atoms with E-state index < -0.39 is 0 Å². The molecular weight excluding hydrogens is 294 g/mol. The van der Waals surface area contributed by atoms with Crippen molar-refractivity contribution < 1.29 is 0 Å². The smallest absolute Gasteiger partial charge is 0.0710 e. The minimum atomic E-state index is 0.738. The first-order valence-corrected chi connectivity index (χ1v) is 8.13. The minimum absolute atomic E-state index is 0.738. The lowest BCUT2D eigenvalue weighted by atomic mass is 9.90. The molecule has 4 rings (SSSR count). The molecule has 0 saturated heterocycles. The van der Waals surface area contributed by atoms with Gasteiger partial charge in [0.1, 0.15) is 0 Å². The van der Waals surface area contributed by atoms with Crippen LogP contribution in [0, 0.1) is 0 Å². The Balaban J connectivity index is 2.20. The number of aromatic nitrogens is 1. The lowest BCUT2D eigenvalue weighted by Crippen LogP contribution is -1.98. The van der Waals surface area contributed by atoms with Gasteiger partial charge in [0.2, 0.25) is 0 Å². The van der Waals surface area contributed by atoms with Crippen LogP contribution >= 0.6 is 0 Å². The second-order valence-corrected chi connectivity index (χ2v) is 6.03. The van der Waals surface area contributed by atoms with Crippen molar-refractivity contribution in [2.45, 2.75) is 13.3 Å². The van der Waals surface area contributed by atoms with E-state index in [2.05, 4.69) is 42.2 Å². The predicted molar refractivity (Wildman–Crippen MR) is 103 cm³/mol. The molecule has 0 aliphatic rings. The highest BCUT2D eigenvalue weighted by molar-refractivity contribution is 6.13. The number of rotatable bonds is 2. The van der Waals surface area contributed by atoms with Gasteiger partial charge >= 0.3 is 0 Å². The summed E-state index contributed by atoms with van der Waals surface area (Å²) in [6, 6.07) is 18.3. The van der Waals surface area contributed by atoms with Gasteiger partial charge < -0.3 is 11.5 Å². The largest absolute Gasteiger partial charge is 0.399 e. The Morgan fingerprint density at radius 1 is 0.917 bits per heavy atom. The Kier molecular flexibility index (Phi) is 3.35. The second kappa shape index (κ2) is 5.53. The highest BCUT2D eigenvalue weighted by atomic mass is 14.7. The average Bonchev–Trinajstić information content (AvgIpc) is 2.62. The SMILES string of the molecule is CCc1c(-c2ccccc2)cc(N)c2cnc3ccc(N)cc3c12. The summed E-state index contributed by atoms with van der Waals surface area (Å²) in [6.45, 7) is 2.18. The number of anilines is 2. The summed E-state index contributed by atoms with van der Waals surface area (Å²) in [6.07, 6.45) is 2.78. The molecule has 0 spiro atoms. The molecule has 3 nitrogen and oxygen atoms in total. The average molecular weight is 313 g/mol. The van der Waals surface area contributed by atoms with E-state index in [1.807, 2.05) is 30.5 Å². The molecule has 24 heavy (non-hydrogen) atoms. The van der Waals surface area contributed by atoms with Crippen LogP contribution in [0.4, 0.5) is 11.4 Å². The number of hydrogen-bond donors (Lipinski definition) is 2. The van der Waals surface area contributed by atoms with E-state index in [1.165, 1.54) is 16.7 Å². The Bertz CT molecular complexity index is 1050. The van der Waals surface area contributed by atoms with Crippen molar-refractivity contribution in [3.63, 3.8) is 0 Å². The van der Waals surface area contributed by atoms with Gasteiger partial charge in [0.25, 0.3) is 0 Å². The van der Waals surface area contributed by atoms with Crippen molar-refractivity contribution in [2.75, 3.05) is 11.5 Å². The highest BCUT2D eigenvalue weighted by Crippen LogP contribution is 2.38. The van der Waals surface area contributed by atoms with Crippen LogP contribution in [0.5, 0.6) is 0 Å². The summed E-state index contributed by atoms with van der Waals surface area (Å²) >= 11 is 0. The first kappa shape index (κ1) is 14.5. The molecule has 0 aliphatic carbocycles. The number of nitrogens with two attached hydrogens (primary N) is 2. The van der Waals surface area contributed by atoms with Gasteiger partial charge in [-0.15, -0.1) is 0 Å². The number of fused-ring (bicyclic) bond motifs is 3. The molecule has 0 saturated carbocycles. The standard InChI is InChI=1S/C21H19N3/c1-2-15-16(13-6-4-3-5-7-13)11-19(23)18-12-24-20-9-8-14(22)10-17(20)21(15)18/h3-12H,2,22-23H2,1H3. The Hall–Kier alpha value is -3.07. The Morgan fingerprint density at radius 2 is 1.71 bits per heavy atom. The lowest BCUT2D eigenvalue weighted by molar-refractivity contribution is 1.16. The van der Waals surface area contributed by atoms with E-state index in [4.69, 9.17) is 11.5 Å². The van der Waals surface area contributed by atoms with E-state index in [-0.39, 0.29) is 0 Å². The number of hydrogen-bond acceptors (Lipinski definition) is 3. The van der Waals surface area contributed by atoms with Gasteiger partial charge in [-0.2, -0.15) is 0 Å². The van der Waals surface area contributed by atoms with Crippen LogP contribution in [0.3, 0.4) is 0 Å². The van der Waals surface area contributed by atoms with Gasteiger partial charge in [0.15, 0.2) is 0 Å². The summed E-state index contributed by atoms with van der Waals surface area (Å²) < 4.78 is 0. The maximum atomic E-state index is 6.38. The molecule has 0 bridgehead atoms. The molecule has 118 valence electrons. The van der Waals surface area contributed by atoms with Crippen molar-refractivity contribution >= 4 is 33.1 Å². The van der Waals surface area contributed by atoms with Crippen LogP contribution in [-0.2, 0) is 6.42 Å². The fraction of sp³-hybridized carbons (Fsp3) is 0.0952. The molecule has 4 N–H and O–H groups in total. The van der Waals surface area contributed by atoms with Crippen LogP contribution in [0.25, 0.3) is 32.8 Å². The van der Waals surface area contributed by atoms with E-state index in [0.717, 1.165) is 39.5 Å². The molecule has 1 aromatic heterocycles. The number of pyridine rings is 1. The van der Waals surface area contributed by atoms with Crippen LogP contribution in [-0.4, -0.2) is 4.98 Å². The monoisotopic (exact) mass is 313 g/mol. The summed E-state index contributed by atoms with van der Waals surface area (Å²) in [5.41, 5.74) is 18.5. The van der Waals surface area contributed by atoms with E-state index in [0.29, 0.717) is 0 Å². The fourth-order valence-electron chi connectivity index (χ4n) is 3.45. The van der Waals surface area contributed by atoms with Crippen molar-refractivity contribution in [3.8, 4) is 11.1 Å². The highest BCUT2D eigenvalue weighted by Gasteiger charge is 2.14.